The number of nitrogens with zero attached hydrogens (tertiary/aromatic N) is 1. The normalized spacial score (nSPS) is 16.7. The average Bonchev–Trinajstić information content (AvgIpc) is 2.89. The molecule has 0 amide bonds. The summed E-state index contributed by atoms with van der Waals surface area (Å²) in [5.41, 5.74) is 4.55. The second-order valence-electron chi connectivity index (χ2n) is 5.69. The Morgan fingerprint density at radius 1 is 1.14 bits per heavy atom. The van der Waals surface area contributed by atoms with E-state index in [0.29, 0.717) is 11.1 Å². The summed E-state index contributed by atoms with van der Waals surface area (Å²) < 4.78 is 6.84. The molecule has 0 N–H and O–H groups in total. The number of esters is 2. The fraction of sp³-hybridized carbons (Fsp3) is 0.222. The summed E-state index contributed by atoms with van der Waals surface area (Å²) in [5, 5.41) is 1.05. The number of aryl methyl sites for hydroxylation is 1. The number of aromatic nitrogens is 1. The molecule has 0 saturated carbocycles. The molecule has 0 atom stereocenters. The van der Waals surface area contributed by atoms with Gasteiger partial charge in [-0.25, -0.2) is 9.59 Å². The van der Waals surface area contributed by atoms with E-state index in [1.54, 1.807) is 19.9 Å². The number of benzene rings is 1. The highest BCUT2D eigenvalue weighted by molar-refractivity contribution is 6.21. The Morgan fingerprint density at radius 2 is 1.82 bits per heavy atom. The van der Waals surface area contributed by atoms with Gasteiger partial charge in [0.2, 0.25) is 0 Å². The van der Waals surface area contributed by atoms with Crippen LogP contribution in [0.4, 0.5) is 0 Å². The lowest BCUT2D eigenvalue weighted by Gasteiger charge is -2.00. The van der Waals surface area contributed by atoms with Gasteiger partial charge in [0.25, 0.3) is 0 Å². The van der Waals surface area contributed by atoms with Crippen LogP contribution in [0.15, 0.2) is 41.0 Å². The molecule has 1 aromatic carbocycles. The number of carbonyl (C=O) groups is 2. The Morgan fingerprint density at radius 3 is 2.50 bits per heavy atom. The van der Waals surface area contributed by atoms with Crippen LogP contribution in [-0.4, -0.2) is 16.5 Å². The second kappa shape index (κ2) is 4.98. The molecular weight excluding hydrogens is 278 g/mol. The Hall–Kier alpha value is -2.62. The Kier molecular flexibility index (Phi) is 3.24. The molecule has 1 aliphatic heterocycles. The van der Waals surface area contributed by atoms with E-state index in [9.17, 15) is 9.59 Å². The fourth-order valence-corrected chi connectivity index (χ4v) is 2.88. The van der Waals surface area contributed by atoms with Crippen molar-refractivity contribution in [3.05, 3.63) is 52.2 Å². The molecule has 1 aromatic heterocycles. The van der Waals surface area contributed by atoms with Crippen LogP contribution >= 0.6 is 0 Å². The van der Waals surface area contributed by atoms with Gasteiger partial charge in [-0.1, -0.05) is 23.8 Å². The van der Waals surface area contributed by atoms with Crippen molar-refractivity contribution in [2.45, 2.75) is 20.8 Å². The zero-order valence-electron chi connectivity index (χ0n) is 13.1. The molecule has 0 unspecified atom stereocenters. The summed E-state index contributed by atoms with van der Waals surface area (Å²) in [6.45, 7) is 5.61. The van der Waals surface area contributed by atoms with Gasteiger partial charge in [-0.15, -0.1) is 0 Å². The third kappa shape index (κ3) is 1.99. The highest BCUT2D eigenvalue weighted by Crippen LogP contribution is 2.32. The first-order chi connectivity index (χ1) is 10.4. The van der Waals surface area contributed by atoms with Crippen LogP contribution in [0.2, 0.25) is 0 Å². The van der Waals surface area contributed by atoms with Crippen LogP contribution in [0.25, 0.3) is 17.0 Å². The Bertz CT molecular complexity index is 877. The first-order valence-corrected chi connectivity index (χ1v) is 7.12. The van der Waals surface area contributed by atoms with Gasteiger partial charge in [0, 0.05) is 29.2 Å². The van der Waals surface area contributed by atoms with Crippen LogP contribution in [0, 0.1) is 6.92 Å². The van der Waals surface area contributed by atoms with E-state index < -0.39 is 11.9 Å². The van der Waals surface area contributed by atoms with E-state index in [4.69, 9.17) is 4.74 Å². The number of hydrogen-bond acceptors (Lipinski definition) is 3. The van der Waals surface area contributed by atoms with Gasteiger partial charge in [0.15, 0.2) is 0 Å². The molecule has 1 aliphatic rings. The second-order valence-corrected chi connectivity index (χ2v) is 5.69. The largest absolute Gasteiger partial charge is 0.386 e. The van der Waals surface area contributed by atoms with Crippen molar-refractivity contribution < 1.29 is 14.3 Å². The molecule has 2 heterocycles. The van der Waals surface area contributed by atoms with Gasteiger partial charge in [-0.3, -0.25) is 0 Å². The van der Waals surface area contributed by atoms with Gasteiger partial charge in [-0.05, 0) is 32.9 Å². The molecule has 3 rings (SSSR count). The molecule has 112 valence electrons. The van der Waals surface area contributed by atoms with Crippen molar-refractivity contribution in [1.29, 1.82) is 0 Å². The first-order valence-electron chi connectivity index (χ1n) is 7.12. The van der Waals surface area contributed by atoms with Crippen molar-refractivity contribution in [2.75, 3.05) is 0 Å². The van der Waals surface area contributed by atoms with E-state index in [2.05, 4.69) is 4.57 Å². The summed E-state index contributed by atoms with van der Waals surface area (Å²) in [5.74, 6) is -1.14. The van der Waals surface area contributed by atoms with Crippen molar-refractivity contribution >= 4 is 28.9 Å². The Labute approximate surface area is 128 Å². The number of hydrogen-bond donors (Lipinski definition) is 0. The van der Waals surface area contributed by atoms with Crippen LogP contribution in [0.5, 0.6) is 0 Å². The first kappa shape index (κ1) is 14.3. The summed E-state index contributed by atoms with van der Waals surface area (Å²) >= 11 is 0. The lowest BCUT2D eigenvalue weighted by molar-refractivity contribution is -0.149. The third-order valence-electron chi connectivity index (χ3n) is 4.12. The minimum absolute atomic E-state index is 0.337. The maximum Gasteiger partial charge on any atom is 0.346 e. The SMILES string of the molecule is CC(C)=C1C(=O)OC(=O)/C1=C/c1c(C)n(C)c2ccccc12. The van der Waals surface area contributed by atoms with E-state index in [1.165, 1.54) is 0 Å². The van der Waals surface area contributed by atoms with Crippen molar-refractivity contribution in [2.24, 2.45) is 7.05 Å². The maximum absolute atomic E-state index is 12.0. The summed E-state index contributed by atoms with van der Waals surface area (Å²) in [6, 6.07) is 7.99. The van der Waals surface area contributed by atoms with E-state index >= 15 is 0 Å². The summed E-state index contributed by atoms with van der Waals surface area (Å²) in [4.78, 5) is 23.8. The molecule has 4 heteroatoms. The predicted octanol–water partition coefficient (Wildman–Crippen LogP) is 3.29. The van der Waals surface area contributed by atoms with E-state index in [0.717, 1.165) is 27.7 Å². The average molecular weight is 295 g/mol. The molecule has 0 radical (unpaired) electrons. The molecule has 0 spiro atoms. The van der Waals surface area contributed by atoms with Crippen molar-refractivity contribution in [3.8, 4) is 0 Å². The number of rotatable bonds is 1. The maximum atomic E-state index is 12.0. The minimum Gasteiger partial charge on any atom is -0.386 e. The van der Waals surface area contributed by atoms with Crippen molar-refractivity contribution in [3.63, 3.8) is 0 Å². The van der Waals surface area contributed by atoms with Gasteiger partial charge in [0.05, 0.1) is 11.1 Å². The summed E-state index contributed by atoms with van der Waals surface area (Å²) in [6.07, 6.45) is 1.77. The molecule has 1 saturated heterocycles. The van der Waals surface area contributed by atoms with Crippen molar-refractivity contribution in [1.82, 2.24) is 4.57 Å². The fourth-order valence-electron chi connectivity index (χ4n) is 2.88. The number of para-hydroxylation sites is 1. The van der Waals surface area contributed by atoms with Gasteiger partial charge < -0.3 is 9.30 Å². The molecule has 1 fully saturated rings. The lowest BCUT2D eigenvalue weighted by Crippen LogP contribution is -1.97. The van der Waals surface area contributed by atoms with Crippen LogP contribution < -0.4 is 0 Å². The molecule has 22 heavy (non-hydrogen) atoms. The summed E-state index contributed by atoms with van der Waals surface area (Å²) in [7, 11) is 1.99. The number of cyclic esters (lactones) is 2. The van der Waals surface area contributed by atoms with Crippen LogP contribution in [0.3, 0.4) is 0 Å². The van der Waals surface area contributed by atoms with E-state index in [1.807, 2.05) is 38.2 Å². The quantitative estimate of drug-likeness (QED) is 0.461. The number of fused-ring (bicyclic) bond motifs is 1. The smallest absolute Gasteiger partial charge is 0.346 e. The minimum atomic E-state index is -0.575. The monoisotopic (exact) mass is 295 g/mol. The highest BCUT2D eigenvalue weighted by Gasteiger charge is 2.34. The van der Waals surface area contributed by atoms with Crippen LogP contribution in [0.1, 0.15) is 25.1 Å². The lowest BCUT2D eigenvalue weighted by atomic mass is 10.00. The Balaban J connectivity index is 2.29. The predicted molar refractivity (Wildman–Crippen MR) is 85.1 cm³/mol. The molecule has 0 bridgehead atoms. The topological polar surface area (TPSA) is 48.3 Å². The van der Waals surface area contributed by atoms with Crippen LogP contribution in [-0.2, 0) is 21.4 Å². The van der Waals surface area contributed by atoms with Gasteiger partial charge >= 0.3 is 11.9 Å². The van der Waals surface area contributed by atoms with E-state index in [-0.39, 0.29) is 0 Å². The molecular formula is C18H17NO3. The molecule has 0 aliphatic carbocycles. The van der Waals surface area contributed by atoms with Gasteiger partial charge in [0.1, 0.15) is 0 Å². The molecule has 4 nitrogen and oxygen atoms in total. The number of ether oxygens (including phenoxy) is 1. The zero-order valence-corrected chi connectivity index (χ0v) is 13.1. The molecule has 2 aromatic rings. The highest BCUT2D eigenvalue weighted by atomic mass is 16.6. The number of carbonyl (C=O) groups excluding carboxylic acids is 2. The third-order valence-corrected chi connectivity index (χ3v) is 4.12. The van der Waals surface area contributed by atoms with Gasteiger partial charge in [-0.2, -0.15) is 0 Å². The zero-order chi connectivity index (χ0) is 16.0. The number of allylic oxidation sites excluding steroid dienone is 1. The standard InChI is InChI=1S/C18H17NO3/c1-10(2)16-14(17(20)22-18(16)21)9-13-11(3)19(4)15-8-6-5-7-12(13)15/h5-9H,1-4H3/b14-9+.